The average Bonchev–Trinajstić information content (AvgIpc) is 2.61. The monoisotopic (exact) mass is 354 g/mol. The molecule has 0 aromatic heterocycles. The first-order valence-electron chi connectivity index (χ1n) is 8.57. The van der Waals surface area contributed by atoms with Gasteiger partial charge in [-0.3, -0.25) is 4.79 Å². The maximum absolute atomic E-state index is 12.9. The Morgan fingerprint density at radius 1 is 0.885 bits per heavy atom. The summed E-state index contributed by atoms with van der Waals surface area (Å²) in [6.45, 7) is 6.06. The lowest BCUT2D eigenvalue weighted by atomic mass is 9.55. The molecule has 0 radical (unpaired) electrons. The number of carbonyl (C=O) groups excluding carboxylic acids is 1. The molecular formula is C21H26N2O3. The fraction of sp³-hybridized carbons (Fsp3) is 0.333. The molecule has 0 aliphatic heterocycles. The normalized spacial score (nSPS) is 12.9. The summed E-state index contributed by atoms with van der Waals surface area (Å²) in [6.07, 6.45) is -1.24. The van der Waals surface area contributed by atoms with Crippen molar-refractivity contribution >= 4 is 12.0 Å². The molecule has 0 bridgehead atoms. The maximum atomic E-state index is 12.9. The minimum Gasteiger partial charge on any atom is -0.465 e. The van der Waals surface area contributed by atoms with Crippen LogP contribution in [-0.4, -0.2) is 30.2 Å². The summed E-state index contributed by atoms with van der Waals surface area (Å²) in [5.41, 5.74) is 0.366. The lowest BCUT2D eigenvalue weighted by Gasteiger charge is -2.50. The Hall–Kier alpha value is -2.82. The Morgan fingerprint density at radius 3 is 1.62 bits per heavy atom. The fourth-order valence-electron chi connectivity index (χ4n) is 3.84. The van der Waals surface area contributed by atoms with Crippen molar-refractivity contribution in [3.05, 3.63) is 71.8 Å². The van der Waals surface area contributed by atoms with Crippen LogP contribution in [-0.2, 0) is 10.2 Å². The third-order valence-electron chi connectivity index (χ3n) is 4.85. The molecule has 138 valence electrons. The molecule has 0 aliphatic rings. The lowest BCUT2D eigenvalue weighted by Crippen LogP contribution is -2.63. The van der Waals surface area contributed by atoms with Crippen LogP contribution in [0.4, 0.5) is 4.79 Å². The molecule has 0 heterocycles. The summed E-state index contributed by atoms with van der Waals surface area (Å²) >= 11 is 0. The quantitative estimate of drug-likeness (QED) is 0.770. The van der Waals surface area contributed by atoms with Crippen molar-refractivity contribution < 1.29 is 14.7 Å². The standard InChI is InChI=1S/C21H26N2O3/c1-20(2,3)21(15-11-7-5-8-12-15,16-13-9-6-10-14-16)17(18(24)22-4)23-19(25)26/h5-14,17,23H,1-4H3,(H,22,24)(H,25,26)/t17-/m1/s1. The molecule has 2 rings (SSSR count). The van der Waals surface area contributed by atoms with Gasteiger partial charge in [0, 0.05) is 7.05 Å². The van der Waals surface area contributed by atoms with E-state index in [1.165, 1.54) is 7.05 Å². The highest BCUT2D eigenvalue weighted by atomic mass is 16.4. The van der Waals surface area contributed by atoms with Crippen LogP contribution >= 0.6 is 0 Å². The number of amides is 2. The molecule has 5 nitrogen and oxygen atoms in total. The molecule has 5 heteroatoms. The zero-order valence-corrected chi connectivity index (χ0v) is 15.6. The summed E-state index contributed by atoms with van der Waals surface area (Å²) in [4.78, 5) is 24.4. The average molecular weight is 354 g/mol. The van der Waals surface area contributed by atoms with Gasteiger partial charge in [0.25, 0.3) is 0 Å². The van der Waals surface area contributed by atoms with Gasteiger partial charge in [-0.1, -0.05) is 81.4 Å². The van der Waals surface area contributed by atoms with Crippen LogP contribution in [0.25, 0.3) is 0 Å². The zero-order valence-electron chi connectivity index (χ0n) is 15.6. The molecule has 26 heavy (non-hydrogen) atoms. The minimum absolute atomic E-state index is 0.380. The van der Waals surface area contributed by atoms with Crippen molar-refractivity contribution in [1.29, 1.82) is 0 Å². The first kappa shape index (κ1) is 19.5. The second-order valence-electron chi connectivity index (χ2n) is 7.29. The van der Waals surface area contributed by atoms with Gasteiger partial charge in [-0.2, -0.15) is 0 Å². The van der Waals surface area contributed by atoms with Gasteiger partial charge in [0.05, 0.1) is 5.41 Å². The van der Waals surface area contributed by atoms with Gasteiger partial charge in [0.1, 0.15) is 6.04 Å². The van der Waals surface area contributed by atoms with E-state index in [2.05, 4.69) is 10.6 Å². The number of hydrogen-bond donors (Lipinski definition) is 3. The third kappa shape index (κ3) is 3.43. The van der Waals surface area contributed by atoms with Gasteiger partial charge in [-0.15, -0.1) is 0 Å². The van der Waals surface area contributed by atoms with Crippen LogP contribution < -0.4 is 10.6 Å². The van der Waals surface area contributed by atoms with Crippen molar-refractivity contribution in [2.75, 3.05) is 7.05 Å². The lowest BCUT2D eigenvalue weighted by molar-refractivity contribution is -0.125. The van der Waals surface area contributed by atoms with Crippen LogP contribution in [0.15, 0.2) is 60.7 Å². The molecule has 0 unspecified atom stereocenters. The van der Waals surface area contributed by atoms with E-state index >= 15 is 0 Å². The fourth-order valence-corrected chi connectivity index (χ4v) is 3.84. The molecule has 2 aromatic rings. The Labute approximate surface area is 154 Å². The number of benzene rings is 2. The van der Waals surface area contributed by atoms with Crippen molar-refractivity contribution in [3.63, 3.8) is 0 Å². The maximum Gasteiger partial charge on any atom is 0.405 e. The van der Waals surface area contributed by atoms with Crippen LogP contribution in [0.2, 0.25) is 0 Å². The van der Waals surface area contributed by atoms with E-state index in [4.69, 9.17) is 0 Å². The Bertz CT molecular complexity index is 712. The third-order valence-corrected chi connectivity index (χ3v) is 4.85. The van der Waals surface area contributed by atoms with Gasteiger partial charge in [-0.05, 0) is 16.5 Å². The number of nitrogens with one attached hydrogen (secondary N) is 2. The van der Waals surface area contributed by atoms with Crippen LogP contribution in [0.5, 0.6) is 0 Å². The number of likely N-dealkylation sites (N-methyl/N-ethyl adjacent to an activating group) is 1. The van der Waals surface area contributed by atoms with E-state index in [9.17, 15) is 14.7 Å². The van der Waals surface area contributed by atoms with Crippen molar-refractivity contribution in [3.8, 4) is 0 Å². The summed E-state index contributed by atoms with van der Waals surface area (Å²) in [6, 6.07) is 18.2. The molecule has 2 aromatic carbocycles. The van der Waals surface area contributed by atoms with E-state index in [0.29, 0.717) is 0 Å². The molecular weight excluding hydrogens is 328 g/mol. The van der Waals surface area contributed by atoms with Crippen LogP contribution in [0.1, 0.15) is 31.9 Å². The van der Waals surface area contributed by atoms with E-state index in [-0.39, 0.29) is 5.91 Å². The van der Waals surface area contributed by atoms with Crippen molar-refractivity contribution in [2.24, 2.45) is 5.41 Å². The van der Waals surface area contributed by atoms with Gasteiger partial charge < -0.3 is 15.7 Å². The molecule has 0 aliphatic carbocycles. The highest BCUT2D eigenvalue weighted by Gasteiger charge is 2.54. The van der Waals surface area contributed by atoms with Crippen LogP contribution in [0.3, 0.4) is 0 Å². The van der Waals surface area contributed by atoms with Crippen molar-refractivity contribution in [1.82, 2.24) is 10.6 Å². The number of hydrogen-bond acceptors (Lipinski definition) is 2. The number of carbonyl (C=O) groups is 2. The molecule has 0 spiro atoms. The van der Waals surface area contributed by atoms with Gasteiger partial charge in [0.15, 0.2) is 0 Å². The van der Waals surface area contributed by atoms with Crippen molar-refractivity contribution in [2.45, 2.75) is 32.2 Å². The summed E-state index contributed by atoms with van der Waals surface area (Å²) < 4.78 is 0. The van der Waals surface area contributed by atoms with E-state index in [1.807, 2.05) is 81.4 Å². The van der Waals surface area contributed by atoms with Gasteiger partial charge >= 0.3 is 6.09 Å². The molecule has 2 amide bonds. The topological polar surface area (TPSA) is 78.4 Å². The molecule has 0 fully saturated rings. The first-order valence-corrected chi connectivity index (χ1v) is 8.57. The molecule has 0 saturated carbocycles. The van der Waals surface area contributed by atoms with Gasteiger partial charge in [-0.25, -0.2) is 4.79 Å². The number of carboxylic acid groups (broad SMARTS) is 1. The van der Waals surface area contributed by atoms with E-state index < -0.39 is 23.0 Å². The van der Waals surface area contributed by atoms with E-state index in [0.717, 1.165) is 11.1 Å². The minimum atomic E-state index is -1.24. The predicted octanol–water partition coefficient (Wildman–Crippen LogP) is 3.40. The largest absolute Gasteiger partial charge is 0.465 e. The molecule has 3 N–H and O–H groups in total. The number of rotatable bonds is 5. The second-order valence-corrected chi connectivity index (χ2v) is 7.29. The first-order chi connectivity index (χ1) is 12.2. The Kier molecular flexibility index (Phi) is 5.70. The Morgan fingerprint density at radius 2 is 1.31 bits per heavy atom. The summed E-state index contributed by atoms with van der Waals surface area (Å²) in [5.74, 6) is -0.380. The second kappa shape index (κ2) is 7.60. The summed E-state index contributed by atoms with van der Waals surface area (Å²) in [7, 11) is 1.52. The highest BCUT2D eigenvalue weighted by Crippen LogP contribution is 2.49. The summed E-state index contributed by atoms with van der Waals surface area (Å²) in [5, 5.41) is 14.6. The van der Waals surface area contributed by atoms with Crippen LogP contribution in [0, 0.1) is 5.41 Å². The van der Waals surface area contributed by atoms with E-state index in [1.54, 1.807) is 0 Å². The predicted molar refractivity (Wildman–Crippen MR) is 102 cm³/mol. The molecule has 0 saturated heterocycles. The zero-order chi connectivity index (χ0) is 19.4. The molecule has 1 atom stereocenters. The van der Waals surface area contributed by atoms with Gasteiger partial charge in [0.2, 0.25) is 5.91 Å². The Balaban J connectivity index is 2.90. The SMILES string of the molecule is CNC(=O)[C@@H](NC(=O)O)C(c1ccccc1)(c1ccccc1)C(C)(C)C. The smallest absolute Gasteiger partial charge is 0.405 e. The highest BCUT2D eigenvalue weighted by molar-refractivity contribution is 5.88.